The summed E-state index contributed by atoms with van der Waals surface area (Å²) >= 11 is 6.01. The van der Waals surface area contributed by atoms with E-state index in [9.17, 15) is 0 Å². The van der Waals surface area contributed by atoms with E-state index in [-0.39, 0.29) is 0 Å². The molecule has 96 valence electrons. The highest BCUT2D eigenvalue weighted by Gasteiger charge is 2.10. The van der Waals surface area contributed by atoms with E-state index in [0.717, 1.165) is 27.9 Å². The Morgan fingerprint density at radius 1 is 0.800 bits per heavy atom. The van der Waals surface area contributed by atoms with E-state index in [1.807, 2.05) is 54.6 Å². The zero-order chi connectivity index (χ0) is 13.5. The molecule has 0 amide bonds. The molecule has 0 aliphatic heterocycles. The van der Waals surface area contributed by atoms with Gasteiger partial charge in [0.05, 0.1) is 11.0 Å². The number of aromatic nitrogens is 2. The van der Waals surface area contributed by atoms with Crippen molar-refractivity contribution in [1.82, 2.24) is 9.97 Å². The predicted octanol–water partition coefficient (Wildman–Crippen LogP) is 4.70. The van der Waals surface area contributed by atoms with Crippen LogP contribution in [-0.4, -0.2) is 9.97 Å². The summed E-state index contributed by atoms with van der Waals surface area (Å²) in [6.07, 6.45) is 0. The first-order chi connectivity index (χ1) is 9.79. The summed E-state index contributed by atoms with van der Waals surface area (Å²) in [6.45, 7) is 0. The van der Waals surface area contributed by atoms with E-state index in [4.69, 9.17) is 16.0 Å². The third kappa shape index (κ3) is 1.84. The molecule has 4 aromatic rings. The van der Waals surface area contributed by atoms with Crippen LogP contribution in [0.4, 0.5) is 0 Å². The largest absolute Gasteiger partial charge is 0.436 e. The van der Waals surface area contributed by atoms with Crippen LogP contribution in [0.15, 0.2) is 59.0 Å². The molecule has 4 rings (SSSR count). The minimum atomic E-state index is 0.540. The van der Waals surface area contributed by atoms with Gasteiger partial charge in [-0.25, -0.2) is 9.97 Å². The summed E-state index contributed by atoms with van der Waals surface area (Å²) in [4.78, 5) is 9.04. The Kier molecular flexibility index (Phi) is 2.47. The lowest BCUT2D eigenvalue weighted by Crippen LogP contribution is -1.82. The molecular formula is C16H9ClN2O. The lowest BCUT2D eigenvalue weighted by molar-refractivity contribution is 0.619. The number of para-hydroxylation sites is 2. The number of hydrogen-bond donors (Lipinski definition) is 0. The maximum atomic E-state index is 6.01. The Hall–Kier alpha value is -2.39. The van der Waals surface area contributed by atoms with Crippen LogP contribution >= 0.6 is 11.6 Å². The van der Waals surface area contributed by atoms with Crippen LogP contribution in [-0.2, 0) is 0 Å². The number of halogens is 1. The number of fused-ring (bicyclic) bond motifs is 2. The highest BCUT2D eigenvalue weighted by Crippen LogP contribution is 2.28. The van der Waals surface area contributed by atoms with Crippen LogP contribution in [0.3, 0.4) is 0 Å². The van der Waals surface area contributed by atoms with E-state index in [0.29, 0.717) is 10.7 Å². The van der Waals surface area contributed by atoms with Gasteiger partial charge in [0.15, 0.2) is 0 Å². The van der Waals surface area contributed by atoms with Crippen LogP contribution in [0, 0.1) is 0 Å². The summed E-state index contributed by atoms with van der Waals surface area (Å²) in [5, 5.41) is 0.675. The number of furan rings is 1. The van der Waals surface area contributed by atoms with Crippen molar-refractivity contribution in [3.8, 4) is 11.3 Å². The molecule has 0 spiro atoms. The van der Waals surface area contributed by atoms with Crippen molar-refractivity contribution in [2.24, 2.45) is 0 Å². The molecule has 2 heterocycles. The molecule has 0 fully saturated rings. The third-order valence-electron chi connectivity index (χ3n) is 3.15. The van der Waals surface area contributed by atoms with Crippen molar-refractivity contribution in [2.75, 3.05) is 0 Å². The molecule has 0 bridgehead atoms. The van der Waals surface area contributed by atoms with Gasteiger partial charge in [0.2, 0.25) is 5.71 Å². The van der Waals surface area contributed by atoms with Gasteiger partial charge in [-0.1, -0.05) is 35.9 Å². The van der Waals surface area contributed by atoms with Crippen molar-refractivity contribution in [3.63, 3.8) is 0 Å². The Balaban J connectivity index is 1.96. The average Bonchev–Trinajstić information content (AvgIpc) is 2.87. The van der Waals surface area contributed by atoms with E-state index in [2.05, 4.69) is 9.97 Å². The third-order valence-corrected chi connectivity index (χ3v) is 3.38. The molecule has 0 saturated heterocycles. The van der Waals surface area contributed by atoms with Crippen molar-refractivity contribution in [3.05, 3.63) is 59.6 Å². The SMILES string of the molecule is Clc1cccc(-c2cc3nc4ccccc4nc3o2)c1. The standard InChI is InChI=1S/C16H9ClN2O/c17-11-5-3-4-10(8-11)15-9-14-16(20-15)19-13-7-2-1-6-12(13)18-14/h1-9H. The average molecular weight is 281 g/mol. The highest BCUT2D eigenvalue weighted by molar-refractivity contribution is 6.30. The molecule has 3 nitrogen and oxygen atoms in total. The number of hydrogen-bond acceptors (Lipinski definition) is 3. The second-order valence-electron chi connectivity index (χ2n) is 4.52. The van der Waals surface area contributed by atoms with Crippen molar-refractivity contribution < 1.29 is 4.42 Å². The fraction of sp³-hybridized carbons (Fsp3) is 0. The first-order valence-electron chi connectivity index (χ1n) is 6.22. The maximum absolute atomic E-state index is 6.01. The molecule has 2 aromatic heterocycles. The summed E-state index contributed by atoms with van der Waals surface area (Å²) < 4.78 is 5.78. The Morgan fingerprint density at radius 2 is 1.60 bits per heavy atom. The minimum absolute atomic E-state index is 0.540. The molecule has 4 heteroatoms. The molecule has 0 atom stereocenters. The van der Waals surface area contributed by atoms with Crippen LogP contribution in [0.5, 0.6) is 0 Å². The van der Waals surface area contributed by atoms with Gasteiger partial charge >= 0.3 is 0 Å². The van der Waals surface area contributed by atoms with E-state index >= 15 is 0 Å². The predicted molar refractivity (Wildman–Crippen MR) is 79.8 cm³/mol. The lowest BCUT2D eigenvalue weighted by Gasteiger charge is -1.96. The number of rotatable bonds is 1. The van der Waals surface area contributed by atoms with Gasteiger partial charge < -0.3 is 4.42 Å². The Morgan fingerprint density at radius 3 is 2.40 bits per heavy atom. The zero-order valence-electron chi connectivity index (χ0n) is 10.4. The number of benzene rings is 2. The van der Waals surface area contributed by atoms with Crippen LogP contribution < -0.4 is 0 Å². The highest BCUT2D eigenvalue weighted by atomic mass is 35.5. The van der Waals surface area contributed by atoms with E-state index < -0.39 is 0 Å². The summed E-state index contributed by atoms with van der Waals surface area (Å²) in [5.41, 5.74) is 3.89. The zero-order valence-corrected chi connectivity index (χ0v) is 11.1. The monoisotopic (exact) mass is 280 g/mol. The van der Waals surface area contributed by atoms with Gasteiger partial charge in [-0.15, -0.1) is 0 Å². The minimum Gasteiger partial charge on any atom is -0.436 e. The van der Waals surface area contributed by atoms with Gasteiger partial charge in [-0.3, -0.25) is 0 Å². The first kappa shape index (κ1) is 11.4. The fourth-order valence-electron chi connectivity index (χ4n) is 2.21. The molecule has 0 aliphatic rings. The summed E-state index contributed by atoms with van der Waals surface area (Å²) in [5.74, 6) is 0.720. The second-order valence-corrected chi connectivity index (χ2v) is 4.96. The molecule has 0 N–H and O–H groups in total. The van der Waals surface area contributed by atoms with Crippen molar-refractivity contribution in [2.45, 2.75) is 0 Å². The fourth-order valence-corrected chi connectivity index (χ4v) is 2.40. The van der Waals surface area contributed by atoms with Gasteiger partial charge in [-0.2, -0.15) is 0 Å². The van der Waals surface area contributed by atoms with Crippen LogP contribution in [0.25, 0.3) is 33.6 Å². The van der Waals surface area contributed by atoms with Crippen molar-refractivity contribution in [1.29, 1.82) is 0 Å². The van der Waals surface area contributed by atoms with E-state index in [1.54, 1.807) is 0 Å². The molecule has 20 heavy (non-hydrogen) atoms. The molecule has 0 saturated carbocycles. The van der Waals surface area contributed by atoms with Crippen LogP contribution in [0.2, 0.25) is 5.02 Å². The van der Waals surface area contributed by atoms with Gasteiger partial charge in [0.1, 0.15) is 11.3 Å². The maximum Gasteiger partial charge on any atom is 0.246 e. The van der Waals surface area contributed by atoms with Crippen molar-refractivity contribution >= 4 is 33.9 Å². The first-order valence-corrected chi connectivity index (χ1v) is 6.60. The molecule has 2 aromatic carbocycles. The van der Waals surface area contributed by atoms with Gasteiger partial charge in [-0.05, 0) is 24.3 Å². The molecule has 0 unspecified atom stereocenters. The summed E-state index contributed by atoms with van der Waals surface area (Å²) in [7, 11) is 0. The van der Waals surface area contributed by atoms with Gasteiger partial charge in [0, 0.05) is 16.7 Å². The smallest absolute Gasteiger partial charge is 0.246 e. The molecule has 0 aliphatic carbocycles. The topological polar surface area (TPSA) is 38.9 Å². The normalized spacial score (nSPS) is 11.2. The summed E-state index contributed by atoms with van der Waals surface area (Å²) in [6, 6.07) is 17.2. The quantitative estimate of drug-likeness (QED) is 0.507. The Labute approximate surface area is 119 Å². The van der Waals surface area contributed by atoms with Crippen LogP contribution in [0.1, 0.15) is 0 Å². The molecule has 0 radical (unpaired) electrons. The number of nitrogens with zero attached hydrogens (tertiary/aromatic N) is 2. The second kappa shape index (κ2) is 4.32. The Bertz CT molecular complexity index is 877. The molecular weight excluding hydrogens is 272 g/mol. The van der Waals surface area contributed by atoms with Gasteiger partial charge in [0.25, 0.3) is 0 Å². The lowest BCUT2D eigenvalue weighted by atomic mass is 10.2. The van der Waals surface area contributed by atoms with E-state index in [1.165, 1.54) is 0 Å².